The minimum absolute atomic E-state index is 0.0143. The second kappa shape index (κ2) is 12.0. The van der Waals surface area contributed by atoms with Gasteiger partial charge in [-0.25, -0.2) is 0 Å². The predicted octanol–water partition coefficient (Wildman–Crippen LogP) is 2.32. The van der Waals surface area contributed by atoms with E-state index in [4.69, 9.17) is 9.22 Å². The molecule has 0 amide bonds. The Kier molecular flexibility index (Phi) is 9.61. The Morgan fingerprint density at radius 1 is 1.00 bits per heavy atom. The average Bonchev–Trinajstić information content (AvgIpc) is 2.63. The Hall–Kier alpha value is -1.61. The molecule has 8 heteroatoms. The molecular formula is C19H27NO6Sn. The number of benzene rings is 1. The zero-order chi connectivity index (χ0) is 19.5. The molecule has 1 fully saturated rings. The summed E-state index contributed by atoms with van der Waals surface area (Å²) in [5.41, 5.74) is 0.327. The van der Waals surface area contributed by atoms with Gasteiger partial charge in [0.2, 0.25) is 0 Å². The van der Waals surface area contributed by atoms with Gasteiger partial charge in [-0.05, 0) is 0 Å². The third-order valence-corrected chi connectivity index (χ3v) is 7.96. The average molecular weight is 484 g/mol. The molecule has 0 spiro atoms. The third kappa shape index (κ3) is 8.30. The molecule has 1 aliphatic rings. The van der Waals surface area contributed by atoms with E-state index in [-0.39, 0.29) is 13.1 Å². The van der Waals surface area contributed by atoms with Gasteiger partial charge in [-0.2, -0.15) is 0 Å². The zero-order valence-electron chi connectivity index (χ0n) is 15.7. The number of rotatable bonds is 9. The summed E-state index contributed by atoms with van der Waals surface area (Å²) in [6.45, 7) is 2.84. The first-order valence-electron chi connectivity index (χ1n) is 9.46. The molecule has 0 unspecified atom stereocenters. The SMILES string of the molecule is CCCCCCCCN1CC(=O)[O][SnH]([O]C(=O)c2ccccc2)[O]C(=O)C1. The summed E-state index contributed by atoms with van der Waals surface area (Å²) in [5.74, 6) is -1.65. The molecule has 27 heavy (non-hydrogen) atoms. The molecule has 148 valence electrons. The second-order valence-electron chi connectivity index (χ2n) is 6.52. The Morgan fingerprint density at radius 2 is 1.59 bits per heavy atom. The molecule has 1 saturated heterocycles. The fourth-order valence-corrected chi connectivity index (χ4v) is 5.74. The van der Waals surface area contributed by atoms with Crippen molar-refractivity contribution in [3.8, 4) is 0 Å². The van der Waals surface area contributed by atoms with Gasteiger partial charge in [0.05, 0.1) is 0 Å². The van der Waals surface area contributed by atoms with E-state index in [0.29, 0.717) is 12.1 Å². The molecule has 0 radical (unpaired) electrons. The normalized spacial score (nSPS) is 16.2. The van der Waals surface area contributed by atoms with Crippen molar-refractivity contribution in [2.75, 3.05) is 19.6 Å². The summed E-state index contributed by atoms with van der Waals surface area (Å²) in [4.78, 5) is 37.9. The predicted molar refractivity (Wildman–Crippen MR) is 101 cm³/mol. The monoisotopic (exact) mass is 485 g/mol. The van der Waals surface area contributed by atoms with E-state index in [2.05, 4.69) is 6.92 Å². The van der Waals surface area contributed by atoms with Crippen molar-refractivity contribution in [3.05, 3.63) is 35.9 Å². The number of carbonyl (C=O) groups is 3. The number of carbonyl (C=O) groups excluding carboxylic acids is 3. The molecule has 0 aliphatic carbocycles. The van der Waals surface area contributed by atoms with Crippen LogP contribution in [-0.4, -0.2) is 63.4 Å². The van der Waals surface area contributed by atoms with Crippen LogP contribution in [0.1, 0.15) is 55.8 Å². The molecule has 1 aromatic rings. The molecule has 0 aromatic heterocycles. The van der Waals surface area contributed by atoms with Gasteiger partial charge in [-0.1, -0.05) is 0 Å². The summed E-state index contributed by atoms with van der Waals surface area (Å²) >= 11 is -3.98. The summed E-state index contributed by atoms with van der Waals surface area (Å²) < 4.78 is 15.6. The van der Waals surface area contributed by atoms with Gasteiger partial charge in [0.1, 0.15) is 0 Å². The van der Waals surface area contributed by atoms with Crippen molar-refractivity contribution >= 4 is 38.9 Å². The third-order valence-electron chi connectivity index (χ3n) is 4.20. The first-order chi connectivity index (χ1) is 13.1. The summed E-state index contributed by atoms with van der Waals surface area (Å²) in [5, 5.41) is 0. The van der Waals surface area contributed by atoms with Crippen molar-refractivity contribution in [1.29, 1.82) is 0 Å². The van der Waals surface area contributed by atoms with E-state index in [1.807, 2.05) is 0 Å². The van der Waals surface area contributed by atoms with Crippen LogP contribution in [0, 0.1) is 0 Å². The van der Waals surface area contributed by atoms with Gasteiger partial charge in [0.15, 0.2) is 0 Å². The standard InChI is InChI=1S/C12H23NO4.C7H6O2.Sn.H/c1-2-3-4-5-6-7-8-13(9-11(14)15)10-12(16)17;8-7(9)6-4-2-1-3-5-6;;/h2-10H2,1H3,(H,14,15)(H,16,17);1-5H,(H,8,9);;/q;;+3;/p-3. The van der Waals surface area contributed by atoms with Gasteiger partial charge in [-0.3, -0.25) is 0 Å². The van der Waals surface area contributed by atoms with Crippen LogP contribution >= 0.6 is 0 Å². The van der Waals surface area contributed by atoms with Crippen LogP contribution in [0.5, 0.6) is 0 Å². The van der Waals surface area contributed by atoms with E-state index in [1.165, 1.54) is 19.3 Å². The maximum atomic E-state index is 12.1. The van der Waals surface area contributed by atoms with Gasteiger partial charge in [0.25, 0.3) is 0 Å². The fourth-order valence-electron chi connectivity index (χ4n) is 2.79. The molecule has 0 atom stereocenters. The first kappa shape index (κ1) is 21.7. The Balaban J connectivity index is 1.79. The van der Waals surface area contributed by atoms with Crippen molar-refractivity contribution in [2.24, 2.45) is 0 Å². The number of unbranched alkanes of at least 4 members (excludes halogenated alkanes) is 5. The first-order valence-corrected chi connectivity index (χ1v) is 13.5. The molecule has 1 aliphatic heterocycles. The zero-order valence-corrected chi connectivity index (χ0v) is 19.0. The van der Waals surface area contributed by atoms with Crippen molar-refractivity contribution in [2.45, 2.75) is 45.4 Å². The summed E-state index contributed by atoms with van der Waals surface area (Å²) in [6.07, 6.45) is 6.79. The molecule has 1 aromatic carbocycles. The van der Waals surface area contributed by atoms with Crippen molar-refractivity contribution in [3.63, 3.8) is 0 Å². The Labute approximate surface area is 168 Å². The Morgan fingerprint density at radius 3 is 2.22 bits per heavy atom. The van der Waals surface area contributed by atoms with E-state index < -0.39 is 38.9 Å². The number of hydrogen-bond acceptors (Lipinski definition) is 7. The Bertz CT molecular complexity index is 604. The van der Waals surface area contributed by atoms with Crippen molar-refractivity contribution < 1.29 is 23.6 Å². The van der Waals surface area contributed by atoms with Crippen LogP contribution in [-0.2, 0) is 18.8 Å². The summed E-state index contributed by atoms with van der Waals surface area (Å²) in [7, 11) is 0. The van der Waals surface area contributed by atoms with E-state index >= 15 is 0 Å². The van der Waals surface area contributed by atoms with Crippen LogP contribution < -0.4 is 0 Å². The quantitative estimate of drug-likeness (QED) is 0.393. The number of hydrogen-bond donors (Lipinski definition) is 0. The van der Waals surface area contributed by atoms with E-state index in [9.17, 15) is 14.4 Å². The molecule has 7 nitrogen and oxygen atoms in total. The fraction of sp³-hybridized carbons (Fsp3) is 0.526. The molecule has 0 saturated carbocycles. The second-order valence-corrected chi connectivity index (χ2v) is 10.2. The molecule has 0 N–H and O–H groups in total. The van der Waals surface area contributed by atoms with Crippen LogP contribution in [0.15, 0.2) is 30.3 Å². The molecule has 1 heterocycles. The summed E-state index contributed by atoms with van der Waals surface area (Å²) in [6, 6.07) is 8.34. The van der Waals surface area contributed by atoms with Crippen molar-refractivity contribution in [1.82, 2.24) is 4.90 Å². The van der Waals surface area contributed by atoms with Gasteiger partial charge >= 0.3 is 168 Å². The van der Waals surface area contributed by atoms with E-state index in [0.717, 1.165) is 19.3 Å². The topological polar surface area (TPSA) is 82.1 Å². The molecule has 0 bridgehead atoms. The van der Waals surface area contributed by atoms with Crippen LogP contribution in [0.25, 0.3) is 0 Å². The minimum atomic E-state index is -3.98. The van der Waals surface area contributed by atoms with Crippen LogP contribution in [0.2, 0.25) is 0 Å². The van der Waals surface area contributed by atoms with Crippen LogP contribution in [0.3, 0.4) is 0 Å². The van der Waals surface area contributed by atoms with E-state index in [1.54, 1.807) is 35.2 Å². The molecular weight excluding hydrogens is 457 g/mol. The van der Waals surface area contributed by atoms with Gasteiger partial charge in [0, 0.05) is 0 Å². The van der Waals surface area contributed by atoms with Gasteiger partial charge < -0.3 is 0 Å². The van der Waals surface area contributed by atoms with Crippen LogP contribution in [0.4, 0.5) is 0 Å². The maximum absolute atomic E-state index is 12.1. The van der Waals surface area contributed by atoms with Gasteiger partial charge in [-0.15, -0.1) is 0 Å². The number of nitrogens with zero attached hydrogens (tertiary/aromatic N) is 1. The molecule has 2 rings (SSSR count).